The van der Waals surface area contributed by atoms with Crippen LogP contribution in [0.2, 0.25) is 0 Å². The molecule has 1 saturated carbocycles. The first-order valence-electron chi connectivity index (χ1n) is 9.95. The van der Waals surface area contributed by atoms with Gasteiger partial charge < -0.3 is 10.1 Å². The molecule has 2 aliphatic rings. The minimum atomic E-state index is -0.572. The molecule has 2 unspecified atom stereocenters. The molecule has 8 heteroatoms. The Kier molecular flexibility index (Phi) is 5.23. The number of rotatable bonds is 4. The van der Waals surface area contributed by atoms with Crippen LogP contribution in [-0.2, 0) is 22.5 Å². The normalized spacial score (nSPS) is 21.5. The summed E-state index contributed by atoms with van der Waals surface area (Å²) in [6.45, 7) is 4.24. The molecule has 150 valence electrons. The fraction of sp³-hybridized carbons (Fsp3) is 0.600. The molecule has 3 heterocycles. The van der Waals surface area contributed by atoms with Crippen LogP contribution in [0.5, 0.6) is 0 Å². The van der Waals surface area contributed by atoms with Crippen LogP contribution < -0.4 is 10.9 Å². The number of carbonyl (C=O) groups excluding carboxylic acids is 2. The number of carbonyl (C=O) groups is 2. The van der Waals surface area contributed by atoms with Gasteiger partial charge in [-0.15, -0.1) is 11.3 Å². The van der Waals surface area contributed by atoms with Crippen molar-refractivity contribution in [3.63, 3.8) is 0 Å². The Bertz CT molecular complexity index is 993. The summed E-state index contributed by atoms with van der Waals surface area (Å²) in [4.78, 5) is 42.9. The van der Waals surface area contributed by atoms with Crippen molar-refractivity contribution < 1.29 is 14.3 Å². The third-order valence-corrected chi connectivity index (χ3v) is 7.05. The molecule has 0 saturated heterocycles. The summed E-state index contributed by atoms with van der Waals surface area (Å²) in [5, 5.41) is 3.47. The van der Waals surface area contributed by atoms with Crippen LogP contribution in [0.3, 0.4) is 0 Å². The first-order chi connectivity index (χ1) is 13.5. The fourth-order valence-electron chi connectivity index (χ4n) is 4.25. The maximum absolute atomic E-state index is 12.7. The largest absolute Gasteiger partial charge is 0.451 e. The highest BCUT2D eigenvalue weighted by Gasteiger charge is 2.26. The van der Waals surface area contributed by atoms with Crippen molar-refractivity contribution in [2.24, 2.45) is 5.92 Å². The second-order valence-corrected chi connectivity index (χ2v) is 8.84. The van der Waals surface area contributed by atoms with Crippen LogP contribution in [-0.4, -0.2) is 34.1 Å². The van der Waals surface area contributed by atoms with Crippen LogP contribution in [0.4, 0.5) is 0 Å². The summed E-state index contributed by atoms with van der Waals surface area (Å²) in [6.07, 6.45) is 6.09. The Hall–Kier alpha value is -2.22. The number of fused-ring (bicyclic) bond motifs is 2. The predicted octanol–water partition coefficient (Wildman–Crippen LogP) is 2.56. The third-order valence-electron chi connectivity index (χ3n) is 5.89. The van der Waals surface area contributed by atoms with Crippen LogP contribution in [0.15, 0.2) is 4.79 Å². The van der Waals surface area contributed by atoms with Gasteiger partial charge in [0.15, 0.2) is 6.61 Å². The van der Waals surface area contributed by atoms with E-state index in [1.54, 1.807) is 11.5 Å². The molecule has 4 rings (SSSR count). The quantitative estimate of drug-likeness (QED) is 0.793. The highest BCUT2D eigenvalue weighted by molar-refractivity contribution is 7.20. The number of nitrogens with zero attached hydrogens (tertiary/aromatic N) is 2. The van der Waals surface area contributed by atoms with Crippen LogP contribution >= 0.6 is 11.3 Å². The molecule has 0 spiro atoms. The number of hydrogen-bond acceptors (Lipinski definition) is 6. The van der Waals surface area contributed by atoms with Gasteiger partial charge in [-0.05, 0) is 37.7 Å². The number of hydrogen-bond donors (Lipinski definition) is 1. The molecular formula is C20H25N3O4S. The van der Waals surface area contributed by atoms with Crippen molar-refractivity contribution in [2.75, 3.05) is 6.61 Å². The lowest BCUT2D eigenvalue weighted by molar-refractivity contribution is -0.125. The minimum Gasteiger partial charge on any atom is -0.451 e. The molecule has 2 atom stereocenters. The molecule has 1 amide bonds. The van der Waals surface area contributed by atoms with Gasteiger partial charge in [-0.1, -0.05) is 19.8 Å². The van der Waals surface area contributed by atoms with Crippen molar-refractivity contribution in [1.82, 2.24) is 14.9 Å². The zero-order valence-electron chi connectivity index (χ0n) is 16.2. The molecule has 2 aromatic heterocycles. The van der Waals surface area contributed by atoms with E-state index in [1.165, 1.54) is 17.8 Å². The number of ether oxygens (including phenoxy) is 1. The van der Waals surface area contributed by atoms with Crippen LogP contribution in [0.1, 0.15) is 60.1 Å². The Labute approximate surface area is 167 Å². The van der Waals surface area contributed by atoms with Gasteiger partial charge in [-0.3, -0.25) is 14.2 Å². The number of esters is 1. The Morgan fingerprint density at radius 3 is 2.86 bits per heavy atom. The summed E-state index contributed by atoms with van der Waals surface area (Å²) in [7, 11) is 0. The number of nitrogens with one attached hydrogen (secondary N) is 1. The topological polar surface area (TPSA) is 90.3 Å². The van der Waals surface area contributed by atoms with E-state index >= 15 is 0 Å². The average molecular weight is 404 g/mol. The minimum absolute atomic E-state index is 0.0886. The Morgan fingerprint density at radius 1 is 1.29 bits per heavy atom. The van der Waals surface area contributed by atoms with Gasteiger partial charge in [-0.2, -0.15) is 0 Å². The van der Waals surface area contributed by atoms with Gasteiger partial charge in [0, 0.05) is 19.0 Å². The first-order valence-corrected chi connectivity index (χ1v) is 10.8. The lowest BCUT2D eigenvalue weighted by Crippen LogP contribution is -2.42. The molecule has 28 heavy (non-hydrogen) atoms. The standard InChI is InChI=1S/C20H25N3O4S/c1-11-6-3-4-7-13(11)21-15(24)10-27-20(26)17-12(2)16-18(28-17)22-14-8-5-9-23(14)19(16)25/h11,13H,3-10H2,1-2H3,(H,21,24). The van der Waals surface area contributed by atoms with Crippen molar-refractivity contribution in [2.45, 2.75) is 65.0 Å². The lowest BCUT2D eigenvalue weighted by atomic mass is 9.86. The second kappa shape index (κ2) is 7.66. The maximum atomic E-state index is 12.7. The van der Waals surface area contributed by atoms with E-state index in [9.17, 15) is 14.4 Å². The number of aryl methyl sites for hydroxylation is 2. The first kappa shape index (κ1) is 19.1. The van der Waals surface area contributed by atoms with Gasteiger partial charge >= 0.3 is 5.97 Å². The molecule has 7 nitrogen and oxygen atoms in total. The van der Waals surface area contributed by atoms with E-state index in [0.717, 1.165) is 37.9 Å². The third kappa shape index (κ3) is 3.45. The van der Waals surface area contributed by atoms with Crippen molar-refractivity contribution in [3.05, 3.63) is 26.6 Å². The summed E-state index contributed by atoms with van der Waals surface area (Å²) < 4.78 is 6.93. The van der Waals surface area contributed by atoms with E-state index in [4.69, 9.17) is 4.74 Å². The van der Waals surface area contributed by atoms with Crippen molar-refractivity contribution in [3.8, 4) is 0 Å². The van der Waals surface area contributed by atoms with E-state index in [0.29, 0.717) is 33.1 Å². The van der Waals surface area contributed by atoms with Crippen molar-refractivity contribution >= 4 is 33.4 Å². The Morgan fingerprint density at radius 2 is 2.07 bits per heavy atom. The van der Waals surface area contributed by atoms with Gasteiger partial charge in [0.1, 0.15) is 15.5 Å². The van der Waals surface area contributed by atoms with E-state index in [-0.39, 0.29) is 24.1 Å². The van der Waals surface area contributed by atoms with Crippen LogP contribution in [0.25, 0.3) is 10.2 Å². The van der Waals surface area contributed by atoms with Gasteiger partial charge in [0.05, 0.1) is 5.39 Å². The molecule has 1 aliphatic heterocycles. The zero-order chi connectivity index (χ0) is 19.8. The van der Waals surface area contributed by atoms with E-state index < -0.39 is 5.97 Å². The number of thiophene rings is 1. The lowest BCUT2D eigenvalue weighted by Gasteiger charge is -2.29. The fourth-order valence-corrected chi connectivity index (χ4v) is 5.33. The highest BCUT2D eigenvalue weighted by Crippen LogP contribution is 2.29. The molecule has 1 aliphatic carbocycles. The molecule has 0 aromatic carbocycles. The van der Waals surface area contributed by atoms with Gasteiger partial charge in [-0.25, -0.2) is 9.78 Å². The van der Waals surface area contributed by atoms with Gasteiger partial charge in [0.2, 0.25) is 0 Å². The second-order valence-electron chi connectivity index (χ2n) is 7.84. The number of amides is 1. The molecule has 0 bridgehead atoms. The molecule has 1 N–H and O–H groups in total. The molecular weight excluding hydrogens is 378 g/mol. The summed E-state index contributed by atoms with van der Waals surface area (Å²) in [5.41, 5.74) is 0.500. The summed E-state index contributed by atoms with van der Waals surface area (Å²) >= 11 is 1.17. The van der Waals surface area contributed by atoms with Crippen molar-refractivity contribution in [1.29, 1.82) is 0 Å². The summed E-state index contributed by atoms with van der Waals surface area (Å²) in [6, 6.07) is 0.151. The highest BCUT2D eigenvalue weighted by atomic mass is 32.1. The Balaban J connectivity index is 1.46. The van der Waals surface area contributed by atoms with Crippen LogP contribution in [0, 0.1) is 12.8 Å². The maximum Gasteiger partial charge on any atom is 0.349 e. The monoisotopic (exact) mass is 403 g/mol. The predicted molar refractivity (Wildman–Crippen MR) is 107 cm³/mol. The van der Waals surface area contributed by atoms with E-state index in [2.05, 4.69) is 17.2 Å². The van der Waals surface area contributed by atoms with E-state index in [1.807, 2.05) is 0 Å². The smallest absolute Gasteiger partial charge is 0.349 e. The zero-order valence-corrected chi connectivity index (χ0v) is 17.1. The summed E-state index contributed by atoms with van der Waals surface area (Å²) in [5.74, 6) is 0.374. The number of aromatic nitrogens is 2. The molecule has 0 radical (unpaired) electrons. The average Bonchev–Trinajstić information content (AvgIpc) is 3.27. The molecule has 2 aromatic rings. The van der Waals surface area contributed by atoms with Gasteiger partial charge in [0.25, 0.3) is 11.5 Å². The SMILES string of the molecule is Cc1c(C(=O)OCC(=O)NC2CCCCC2C)sc2nc3n(c(=O)c12)CCC3. The molecule has 1 fully saturated rings.